The highest BCUT2D eigenvalue weighted by molar-refractivity contribution is 6.35. The van der Waals surface area contributed by atoms with E-state index in [0.717, 1.165) is 36.8 Å². The van der Waals surface area contributed by atoms with E-state index in [9.17, 15) is 0 Å². The first kappa shape index (κ1) is 15.1. The molecule has 0 spiro atoms. The van der Waals surface area contributed by atoms with Crippen LogP contribution in [0.15, 0.2) is 18.2 Å². The van der Waals surface area contributed by atoms with E-state index in [2.05, 4.69) is 17.1 Å². The first-order valence-corrected chi connectivity index (χ1v) is 6.30. The van der Waals surface area contributed by atoms with Gasteiger partial charge in [0.15, 0.2) is 0 Å². The van der Waals surface area contributed by atoms with Crippen molar-refractivity contribution in [3.63, 3.8) is 0 Å². The Hall–Kier alpha value is 0.01000. The SMILES string of the molecule is CC1CN(Cc2ccc(Cl)cc2Cl)CCN1.Cl. The summed E-state index contributed by atoms with van der Waals surface area (Å²) in [6, 6.07) is 6.27. The molecule has 1 N–H and O–H groups in total. The number of hydrogen-bond donors (Lipinski definition) is 1. The summed E-state index contributed by atoms with van der Waals surface area (Å²) in [6.45, 7) is 6.30. The Morgan fingerprint density at radius 3 is 2.82 bits per heavy atom. The zero-order valence-corrected chi connectivity index (χ0v) is 12.1. The maximum Gasteiger partial charge on any atom is 0.0465 e. The lowest BCUT2D eigenvalue weighted by molar-refractivity contribution is 0.199. The molecule has 0 aromatic heterocycles. The zero-order chi connectivity index (χ0) is 11.5. The minimum Gasteiger partial charge on any atom is -0.312 e. The van der Waals surface area contributed by atoms with E-state index in [1.807, 2.05) is 18.2 Å². The number of nitrogens with zero attached hydrogens (tertiary/aromatic N) is 1. The van der Waals surface area contributed by atoms with E-state index in [1.54, 1.807) is 0 Å². The van der Waals surface area contributed by atoms with E-state index >= 15 is 0 Å². The first-order valence-electron chi connectivity index (χ1n) is 5.55. The molecule has 1 aromatic carbocycles. The van der Waals surface area contributed by atoms with Crippen LogP contribution in [0.3, 0.4) is 0 Å². The van der Waals surface area contributed by atoms with Gasteiger partial charge in [-0.2, -0.15) is 0 Å². The van der Waals surface area contributed by atoms with E-state index in [0.29, 0.717) is 11.1 Å². The van der Waals surface area contributed by atoms with Crippen LogP contribution in [0.5, 0.6) is 0 Å². The van der Waals surface area contributed by atoms with Gasteiger partial charge in [-0.15, -0.1) is 12.4 Å². The molecule has 17 heavy (non-hydrogen) atoms. The summed E-state index contributed by atoms with van der Waals surface area (Å²) in [6.07, 6.45) is 0. The molecule has 1 unspecified atom stereocenters. The zero-order valence-electron chi connectivity index (χ0n) is 9.75. The highest BCUT2D eigenvalue weighted by atomic mass is 35.5. The number of nitrogens with one attached hydrogen (secondary N) is 1. The maximum atomic E-state index is 6.16. The quantitative estimate of drug-likeness (QED) is 0.901. The van der Waals surface area contributed by atoms with Gasteiger partial charge in [-0.05, 0) is 24.6 Å². The fourth-order valence-corrected chi connectivity index (χ4v) is 2.51. The molecular formula is C12H17Cl3N2. The van der Waals surface area contributed by atoms with Crippen LogP contribution in [0.25, 0.3) is 0 Å². The number of piperazine rings is 1. The molecule has 1 heterocycles. The van der Waals surface area contributed by atoms with Gasteiger partial charge in [0.1, 0.15) is 0 Å². The molecular weight excluding hydrogens is 279 g/mol. The van der Waals surface area contributed by atoms with Crippen molar-refractivity contribution >= 4 is 35.6 Å². The van der Waals surface area contributed by atoms with E-state index < -0.39 is 0 Å². The van der Waals surface area contributed by atoms with Crippen LogP contribution in [0.2, 0.25) is 10.0 Å². The van der Waals surface area contributed by atoms with Gasteiger partial charge in [0.05, 0.1) is 0 Å². The second-order valence-corrected chi connectivity index (χ2v) is 5.17. The van der Waals surface area contributed by atoms with Gasteiger partial charge in [0.25, 0.3) is 0 Å². The molecule has 1 saturated heterocycles. The summed E-state index contributed by atoms with van der Waals surface area (Å²) in [4.78, 5) is 2.41. The topological polar surface area (TPSA) is 15.3 Å². The van der Waals surface area contributed by atoms with E-state index in [4.69, 9.17) is 23.2 Å². The van der Waals surface area contributed by atoms with E-state index in [-0.39, 0.29) is 12.4 Å². The third-order valence-corrected chi connectivity index (χ3v) is 3.45. The van der Waals surface area contributed by atoms with Crippen LogP contribution >= 0.6 is 35.6 Å². The number of halogens is 3. The number of hydrogen-bond acceptors (Lipinski definition) is 2. The maximum absolute atomic E-state index is 6.16. The average Bonchev–Trinajstić information content (AvgIpc) is 2.22. The molecule has 0 aliphatic carbocycles. The molecule has 0 radical (unpaired) electrons. The van der Waals surface area contributed by atoms with Crippen molar-refractivity contribution in [1.82, 2.24) is 10.2 Å². The van der Waals surface area contributed by atoms with Gasteiger partial charge >= 0.3 is 0 Å². The second-order valence-electron chi connectivity index (χ2n) is 4.33. The smallest absolute Gasteiger partial charge is 0.0465 e. The molecule has 0 amide bonds. The second kappa shape index (κ2) is 6.81. The largest absolute Gasteiger partial charge is 0.312 e. The van der Waals surface area contributed by atoms with Gasteiger partial charge in [0, 0.05) is 42.3 Å². The molecule has 1 aromatic rings. The third-order valence-electron chi connectivity index (χ3n) is 2.86. The summed E-state index contributed by atoms with van der Waals surface area (Å²) in [5.74, 6) is 0. The van der Waals surface area contributed by atoms with Gasteiger partial charge in [0.2, 0.25) is 0 Å². The summed E-state index contributed by atoms with van der Waals surface area (Å²) < 4.78 is 0. The minimum atomic E-state index is 0. The Morgan fingerprint density at radius 2 is 2.18 bits per heavy atom. The Morgan fingerprint density at radius 1 is 1.41 bits per heavy atom. The van der Waals surface area contributed by atoms with Crippen LogP contribution in [-0.2, 0) is 6.54 Å². The van der Waals surface area contributed by atoms with Crippen LogP contribution in [0, 0.1) is 0 Å². The highest BCUT2D eigenvalue weighted by Crippen LogP contribution is 2.22. The Kier molecular flexibility index (Phi) is 6.04. The highest BCUT2D eigenvalue weighted by Gasteiger charge is 2.16. The molecule has 2 nitrogen and oxygen atoms in total. The molecule has 2 rings (SSSR count). The molecule has 1 fully saturated rings. The monoisotopic (exact) mass is 294 g/mol. The molecule has 0 saturated carbocycles. The first-order chi connectivity index (χ1) is 7.65. The van der Waals surface area contributed by atoms with Crippen LogP contribution in [-0.4, -0.2) is 30.6 Å². The predicted octanol–water partition coefficient (Wildman–Crippen LogP) is 3.21. The average molecular weight is 296 g/mol. The van der Waals surface area contributed by atoms with Gasteiger partial charge in [-0.3, -0.25) is 4.90 Å². The van der Waals surface area contributed by atoms with Crippen molar-refractivity contribution in [2.24, 2.45) is 0 Å². The normalized spacial score (nSPS) is 21.0. The predicted molar refractivity (Wildman–Crippen MR) is 76.5 cm³/mol. The van der Waals surface area contributed by atoms with Crippen LogP contribution in [0.4, 0.5) is 0 Å². The fourth-order valence-electron chi connectivity index (χ4n) is 2.05. The van der Waals surface area contributed by atoms with Crippen LogP contribution < -0.4 is 5.32 Å². The van der Waals surface area contributed by atoms with Crippen molar-refractivity contribution in [2.75, 3.05) is 19.6 Å². The molecule has 5 heteroatoms. The third kappa shape index (κ3) is 4.31. The lowest BCUT2D eigenvalue weighted by Gasteiger charge is -2.32. The van der Waals surface area contributed by atoms with Crippen molar-refractivity contribution in [3.05, 3.63) is 33.8 Å². The van der Waals surface area contributed by atoms with Gasteiger partial charge in [-0.25, -0.2) is 0 Å². The summed E-state index contributed by atoms with van der Waals surface area (Å²) >= 11 is 12.0. The Balaban J connectivity index is 0.00000144. The standard InChI is InChI=1S/C12H16Cl2N2.ClH/c1-9-7-16(5-4-15-9)8-10-2-3-11(13)6-12(10)14;/h2-3,6,9,15H,4-5,7-8H2,1H3;1H. The minimum absolute atomic E-state index is 0. The molecule has 96 valence electrons. The van der Waals surface area contributed by atoms with Crippen molar-refractivity contribution in [2.45, 2.75) is 19.5 Å². The lowest BCUT2D eigenvalue weighted by atomic mass is 10.1. The van der Waals surface area contributed by atoms with E-state index in [1.165, 1.54) is 0 Å². The Bertz CT molecular complexity index is 371. The van der Waals surface area contributed by atoms with Gasteiger partial charge in [-0.1, -0.05) is 29.3 Å². The van der Waals surface area contributed by atoms with Crippen molar-refractivity contribution in [3.8, 4) is 0 Å². The number of benzene rings is 1. The lowest BCUT2D eigenvalue weighted by Crippen LogP contribution is -2.48. The van der Waals surface area contributed by atoms with Gasteiger partial charge < -0.3 is 5.32 Å². The van der Waals surface area contributed by atoms with Crippen molar-refractivity contribution < 1.29 is 0 Å². The molecule has 1 aliphatic heterocycles. The van der Waals surface area contributed by atoms with Crippen molar-refractivity contribution in [1.29, 1.82) is 0 Å². The molecule has 1 atom stereocenters. The summed E-state index contributed by atoms with van der Waals surface area (Å²) in [5.41, 5.74) is 1.15. The fraction of sp³-hybridized carbons (Fsp3) is 0.500. The summed E-state index contributed by atoms with van der Waals surface area (Å²) in [7, 11) is 0. The number of rotatable bonds is 2. The molecule has 1 aliphatic rings. The summed E-state index contributed by atoms with van der Waals surface area (Å²) in [5, 5.41) is 4.89. The Labute approximate surface area is 119 Å². The molecule has 0 bridgehead atoms. The van der Waals surface area contributed by atoms with Crippen LogP contribution in [0.1, 0.15) is 12.5 Å².